The summed E-state index contributed by atoms with van der Waals surface area (Å²) in [4.78, 5) is 0.889. The van der Waals surface area contributed by atoms with Crippen molar-refractivity contribution < 1.29 is 8.78 Å². The summed E-state index contributed by atoms with van der Waals surface area (Å²) in [6.45, 7) is 6.99. The molecular formula is C11H15F2N. The Morgan fingerprint density at radius 3 is 2.29 bits per heavy atom. The van der Waals surface area contributed by atoms with Crippen LogP contribution in [0.3, 0.4) is 0 Å². The van der Waals surface area contributed by atoms with Crippen molar-refractivity contribution >= 4 is 0 Å². The molecule has 0 spiro atoms. The molecule has 1 heterocycles. The van der Waals surface area contributed by atoms with E-state index >= 15 is 0 Å². The van der Waals surface area contributed by atoms with E-state index in [1.54, 1.807) is 6.08 Å². The molecule has 1 aliphatic heterocycles. The first kappa shape index (κ1) is 11.0. The van der Waals surface area contributed by atoms with E-state index in [1.807, 2.05) is 26.8 Å². The predicted octanol–water partition coefficient (Wildman–Crippen LogP) is 3.52. The van der Waals surface area contributed by atoms with E-state index in [0.29, 0.717) is 5.70 Å². The van der Waals surface area contributed by atoms with Gasteiger partial charge >= 0.3 is 6.55 Å². The van der Waals surface area contributed by atoms with Gasteiger partial charge < -0.3 is 0 Å². The maximum atomic E-state index is 12.5. The van der Waals surface area contributed by atoms with Gasteiger partial charge in [0.1, 0.15) is 0 Å². The molecule has 1 aliphatic rings. The van der Waals surface area contributed by atoms with E-state index in [-0.39, 0.29) is 5.41 Å². The normalized spacial score (nSPS) is 17.7. The maximum Gasteiger partial charge on any atom is 0.318 e. The van der Waals surface area contributed by atoms with Crippen molar-refractivity contribution in [3.05, 3.63) is 36.2 Å². The lowest BCUT2D eigenvalue weighted by molar-refractivity contribution is 0.0289. The highest BCUT2D eigenvalue weighted by Crippen LogP contribution is 2.31. The topological polar surface area (TPSA) is 3.24 Å². The third-order valence-electron chi connectivity index (χ3n) is 2.14. The van der Waals surface area contributed by atoms with E-state index in [4.69, 9.17) is 0 Å². The summed E-state index contributed by atoms with van der Waals surface area (Å²) in [5, 5.41) is 0. The van der Waals surface area contributed by atoms with E-state index in [9.17, 15) is 8.78 Å². The van der Waals surface area contributed by atoms with Crippen LogP contribution in [-0.4, -0.2) is 11.4 Å². The molecule has 1 rings (SSSR count). The Hall–Kier alpha value is -1.12. The fourth-order valence-corrected chi connectivity index (χ4v) is 1.17. The van der Waals surface area contributed by atoms with E-state index in [0.717, 1.165) is 10.5 Å². The summed E-state index contributed by atoms with van der Waals surface area (Å²) in [5.41, 5.74) is 1.09. The average molecular weight is 199 g/mol. The Balaban J connectivity index is 2.97. The number of hydrogen-bond acceptors (Lipinski definition) is 1. The molecule has 0 aromatic rings. The van der Waals surface area contributed by atoms with Gasteiger partial charge in [-0.3, -0.25) is 4.90 Å². The second kappa shape index (κ2) is 3.56. The van der Waals surface area contributed by atoms with Gasteiger partial charge in [0.15, 0.2) is 0 Å². The largest absolute Gasteiger partial charge is 0.318 e. The van der Waals surface area contributed by atoms with Crippen molar-refractivity contribution in [3.8, 4) is 0 Å². The second-order valence-corrected chi connectivity index (χ2v) is 4.34. The van der Waals surface area contributed by atoms with Crippen molar-refractivity contribution in [2.75, 3.05) is 0 Å². The van der Waals surface area contributed by atoms with Crippen molar-refractivity contribution in [1.29, 1.82) is 0 Å². The van der Waals surface area contributed by atoms with Crippen LogP contribution >= 0.6 is 0 Å². The van der Waals surface area contributed by atoms with E-state index < -0.39 is 6.55 Å². The third kappa shape index (κ3) is 2.22. The van der Waals surface area contributed by atoms with Gasteiger partial charge in [0.2, 0.25) is 0 Å². The monoisotopic (exact) mass is 199 g/mol. The molecule has 0 fully saturated rings. The van der Waals surface area contributed by atoms with Crippen LogP contribution in [0.25, 0.3) is 0 Å². The van der Waals surface area contributed by atoms with E-state index in [2.05, 4.69) is 6.58 Å². The van der Waals surface area contributed by atoms with Crippen molar-refractivity contribution in [3.63, 3.8) is 0 Å². The SMILES string of the molecule is C=C1C=CC(C(C)(C)C)=CN1C(F)F. The standard InChI is InChI=1S/C11H15F2N/c1-8-5-6-9(11(2,3)4)7-14(8)10(12)13/h5-7,10H,1H2,2-4H3. The number of alkyl halides is 2. The fraction of sp³-hybridized carbons (Fsp3) is 0.455. The molecule has 0 aliphatic carbocycles. The third-order valence-corrected chi connectivity index (χ3v) is 2.14. The van der Waals surface area contributed by atoms with Crippen LogP contribution in [0.5, 0.6) is 0 Å². The van der Waals surface area contributed by atoms with Crippen LogP contribution in [0.1, 0.15) is 20.8 Å². The smallest absolute Gasteiger partial charge is 0.292 e. The molecule has 78 valence electrons. The van der Waals surface area contributed by atoms with Gasteiger partial charge in [-0.05, 0) is 17.1 Å². The first-order valence-corrected chi connectivity index (χ1v) is 4.48. The van der Waals surface area contributed by atoms with Gasteiger partial charge in [0.25, 0.3) is 0 Å². The highest BCUT2D eigenvalue weighted by atomic mass is 19.3. The van der Waals surface area contributed by atoms with Crippen LogP contribution in [0.2, 0.25) is 0 Å². The first-order valence-electron chi connectivity index (χ1n) is 4.48. The summed E-state index contributed by atoms with van der Waals surface area (Å²) in [7, 11) is 0. The molecule has 1 nitrogen and oxygen atoms in total. The van der Waals surface area contributed by atoms with Gasteiger partial charge in [-0.15, -0.1) is 0 Å². The van der Waals surface area contributed by atoms with Crippen LogP contribution in [-0.2, 0) is 0 Å². The number of nitrogens with zero attached hydrogens (tertiary/aromatic N) is 1. The van der Waals surface area contributed by atoms with Gasteiger partial charge in [-0.2, -0.15) is 8.78 Å². The zero-order valence-corrected chi connectivity index (χ0v) is 8.72. The predicted molar refractivity (Wildman–Crippen MR) is 53.7 cm³/mol. The minimum Gasteiger partial charge on any atom is -0.292 e. The highest BCUT2D eigenvalue weighted by molar-refractivity contribution is 5.35. The van der Waals surface area contributed by atoms with Crippen molar-refractivity contribution in [1.82, 2.24) is 4.90 Å². The molecule has 0 N–H and O–H groups in total. The summed E-state index contributed by atoms with van der Waals surface area (Å²) >= 11 is 0. The Kier molecular flexibility index (Phi) is 2.79. The van der Waals surface area contributed by atoms with Gasteiger partial charge in [0, 0.05) is 11.9 Å². The van der Waals surface area contributed by atoms with Gasteiger partial charge in [0.05, 0.1) is 0 Å². The summed E-state index contributed by atoms with van der Waals surface area (Å²) in [5.74, 6) is 0. The highest BCUT2D eigenvalue weighted by Gasteiger charge is 2.23. The molecule has 3 heteroatoms. The molecule has 14 heavy (non-hydrogen) atoms. The van der Waals surface area contributed by atoms with Gasteiger partial charge in [-0.25, -0.2) is 0 Å². The van der Waals surface area contributed by atoms with Gasteiger partial charge in [-0.1, -0.05) is 33.4 Å². The molecule has 0 saturated heterocycles. The average Bonchev–Trinajstić information content (AvgIpc) is 2.02. The zero-order valence-electron chi connectivity index (χ0n) is 8.72. The number of halogens is 2. The minimum absolute atomic E-state index is 0.121. The molecule has 0 bridgehead atoms. The molecule has 0 radical (unpaired) electrons. The fourth-order valence-electron chi connectivity index (χ4n) is 1.17. The minimum atomic E-state index is -2.52. The first-order chi connectivity index (χ1) is 6.32. The van der Waals surface area contributed by atoms with Crippen molar-refractivity contribution in [2.45, 2.75) is 27.3 Å². The van der Waals surface area contributed by atoms with Crippen LogP contribution in [0.4, 0.5) is 8.78 Å². The molecule has 0 aromatic heterocycles. The quantitative estimate of drug-likeness (QED) is 0.584. The Labute approximate surface area is 83.4 Å². The Morgan fingerprint density at radius 2 is 1.86 bits per heavy atom. The van der Waals surface area contributed by atoms with Crippen LogP contribution in [0.15, 0.2) is 36.2 Å². The lowest BCUT2D eigenvalue weighted by Crippen LogP contribution is -2.25. The van der Waals surface area contributed by atoms with Crippen LogP contribution < -0.4 is 0 Å². The lowest BCUT2D eigenvalue weighted by Gasteiger charge is -2.29. The molecule has 0 amide bonds. The second-order valence-electron chi connectivity index (χ2n) is 4.34. The number of rotatable bonds is 1. The number of allylic oxidation sites excluding steroid dienone is 3. The Bertz CT molecular complexity index is 295. The number of hydrogen-bond donors (Lipinski definition) is 0. The Morgan fingerprint density at radius 1 is 1.29 bits per heavy atom. The lowest BCUT2D eigenvalue weighted by atomic mass is 9.85. The summed E-state index contributed by atoms with van der Waals surface area (Å²) < 4.78 is 25.0. The summed E-state index contributed by atoms with van der Waals surface area (Å²) in [6.07, 6.45) is 4.92. The van der Waals surface area contributed by atoms with Crippen LogP contribution in [0, 0.1) is 5.41 Å². The molecule has 0 unspecified atom stereocenters. The van der Waals surface area contributed by atoms with E-state index in [1.165, 1.54) is 6.20 Å². The molecule has 0 aromatic carbocycles. The maximum absolute atomic E-state index is 12.5. The molecule has 0 saturated carbocycles. The molecular weight excluding hydrogens is 184 g/mol. The summed E-state index contributed by atoms with van der Waals surface area (Å²) in [6, 6.07) is 0. The molecule has 0 atom stereocenters. The van der Waals surface area contributed by atoms with Crippen molar-refractivity contribution in [2.24, 2.45) is 5.41 Å². The zero-order chi connectivity index (χ0) is 10.9.